The van der Waals surface area contributed by atoms with Gasteiger partial charge in [0.2, 0.25) is 0 Å². The Morgan fingerprint density at radius 1 is 0.903 bits per heavy atom. The first-order valence-electron chi connectivity index (χ1n) is 11.2. The molecule has 0 fully saturated rings. The van der Waals surface area contributed by atoms with Crippen molar-refractivity contribution in [2.45, 2.75) is 37.6 Å². The molecule has 2 unspecified atom stereocenters. The van der Waals surface area contributed by atoms with E-state index in [1.54, 1.807) is 6.33 Å². The minimum absolute atomic E-state index is 0.579. The van der Waals surface area contributed by atoms with Crippen molar-refractivity contribution in [2.75, 3.05) is 18.9 Å². The van der Waals surface area contributed by atoms with E-state index < -0.39 is 0 Å². The number of aromatic amines is 1. The van der Waals surface area contributed by atoms with Gasteiger partial charge in [0.1, 0.15) is 17.8 Å². The molecule has 2 atom stereocenters. The Kier molecular flexibility index (Phi) is 5.67. The van der Waals surface area contributed by atoms with Crippen molar-refractivity contribution in [1.82, 2.24) is 20.3 Å². The van der Waals surface area contributed by atoms with Gasteiger partial charge in [-0.05, 0) is 61.1 Å². The molecule has 0 aliphatic heterocycles. The van der Waals surface area contributed by atoms with Gasteiger partial charge in [-0.2, -0.15) is 0 Å². The Balaban J connectivity index is 0.000000157. The summed E-state index contributed by atoms with van der Waals surface area (Å²) in [4.78, 5) is 11.7. The van der Waals surface area contributed by atoms with Crippen LogP contribution in [0.5, 0.6) is 0 Å². The molecule has 5 heteroatoms. The third kappa shape index (κ3) is 4.06. The zero-order valence-electron chi connectivity index (χ0n) is 17.9. The van der Waals surface area contributed by atoms with Crippen molar-refractivity contribution in [1.29, 1.82) is 0 Å². The smallest absolute Gasteiger partial charge is 0.142 e. The number of benzene rings is 2. The Bertz CT molecular complexity index is 1170. The van der Waals surface area contributed by atoms with Gasteiger partial charge in [-0.15, -0.1) is 0 Å². The fraction of sp³-hybridized carbons (Fsp3) is 0.308. The zero-order valence-corrected chi connectivity index (χ0v) is 17.9. The highest BCUT2D eigenvalue weighted by Gasteiger charge is 2.22. The molecular formula is C26H29N5. The molecule has 0 bridgehead atoms. The maximum atomic E-state index is 4.35. The molecule has 0 saturated carbocycles. The largest absolute Gasteiger partial charge is 0.369 e. The molecule has 0 amide bonds. The van der Waals surface area contributed by atoms with Crippen molar-refractivity contribution >= 4 is 16.9 Å². The van der Waals surface area contributed by atoms with E-state index in [0.717, 1.165) is 23.4 Å². The minimum atomic E-state index is 0.579. The molecule has 6 rings (SSSR count). The predicted octanol–water partition coefficient (Wildman–Crippen LogP) is 4.99. The fourth-order valence-electron chi connectivity index (χ4n) is 4.95. The number of nitrogens with zero attached hydrogens (tertiary/aromatic N) is 2. The normalized spacial score (nSPS) is 18.9. The Hall–Kier alpha value is -3.18. The van der Waals surface area contributed by atoms with Crippen molar-refractivity contribution in [2.24, 2.45) is 0 Å². The van der Waals surface area contributed by atoms with Gasteiger partial charge < -0.3 is 15.6 Å². The van der Waals surface area contributed by atoms with Crippen LogP contribution in [0.25, 0.3) is 11.0 Å². The maximum Gasteiger partial charge on any atom is 0.142 e. The van der Waals surface area contributed by atoms with Crippen molar-refractivity contribution in [3.05, 3.63) is 89.4 Å². The monoisotopic (exact) mass is 411 g/mol. The molecule has 0 radical (unpaired) electrons. The Labute approximate surface area is 183 Å². The van der Waals surface area contributed by atoms with Crippen LogP contribution in [0.1, 0.15) is 47.1 Å². The average Bonchev–Trinajstić information content (AvgIpc) is 3.56. The number of hydrogen-bond donors (Lipinski definition) is 3. The highest BCUT2D eigenvalue weighted by atomic mass is 15.0. The van der Waals surface area contributed by atoms with E-state index in [0.29, 0.717) is 12.0 Å². The van der Waals surface area contributed by atoms with Crippen LogP contribution in [0.3, 0.4) is 0 Å². The number of aromatic nitrogens is 3. The molecule has 3 N–H and O–H groups in total. The van der Waals surface area contributed by atoms with Crippen LogP contribution < -0.4 is 10.6 Å². The number of H-pyrrole nitrogens is 1. The molecule has 5 nitrogen and oxygen atoms in total. The second-order valence-electron chi connectivity index (χ2n) is 8.36. The third-order valence-electron chi connectivity index (χ3n) is 6.61. The second-order valence-corrected chi connectivity index (χ2v) is 8.36. The van der Waals surface area contributed by atoms with E-state index >= 15 is 0 Å². The van der Waals surface area contributed by atoms with Gasteiger partial charge >= 0.3 is 0 Å². The van der Waals surface area contributed by atoms with Gasteiger partial charge in [0, 0.05) is 24.7 Å². The average molecular weight is 412 g/mol. The van der Waals surface area contributed by atoms with Gasteiger partial charge in [-0.1, -0.05) is 48.5 Å². The standard InChI is InChI=1S/C16H16N4.C10H13N/c1-2-4-13-11(3-1)5-6-12(13)9-18-16-14-7-8-17-15(14)19-10-20-16;1-11-10-7-6-8-4-2-3-5-9(8)10/h1-4,7-8,10,12H,5-6,9H2,(H2,17,18,19,20);2-5,10-11H,6-7H2,1H3. The summed E-state index contributed by atoms with van der Waals surface area (Å²) in [5, 5.41) is 7.86. The summed E-state index contributed by atoms with van der Waals surface area (Å²) < 4.78 is 0. The van der Waals surface area contributed by atoms with E-state index in [1.165, 1.54) is 47.9 Å². The second kappa shape index (κ2) is 8.90. The molecule has 158 valence electrons. The molecule has 2 aliphatic carbocycles. The van der Waals surface area contributed by atoms with Gasteiger partial charge in [-0.3, -0.25) is 0 Å². The van der Waals surface area contributed by atoms with E-state index in [2.05, 4.69) is 74.1 Å². The lowest BCUT2D eigenvalue weighted by Gasteiger charge is -2.13. The lowest BCUT2D eigenvalue weighted by atomic mass is 10.0. The van der Waals surface area contributed by atoms with Crippen molar-refractivity contribution < 1.29 is 0 Å². The number of fused-ring (bicyclic) bond motifs is 3. The zero-order chi connectivity index (χ0) is 21.0. The van der Waals surface area contributed by atoms with Crippen LogP contribution in [-0.4, -0.2) is 28.5 Å². The first-order chi connectivity index (χ1) is 15.3. The van der Waals surface area contributed by atoms with Crippen LogP contribution in [0.4, 0.5) is 5.82 Å². The molecule has 2 heterocycles. The summed E-state index contributed by atoms with van der Waals surface area (Å²) in [6.07, 6.45) is 8.40. The van der Waals surface area contributed by atoms with E-state index in [9.17, 15) is 0 Å². The quantitative estimate of drug-likeness (QED) is 0.442. The molecule has 0 saturated heterocycles. The summed E-state index contributed by atoms with van der Waals surface area (Å²) in [5.74, 6) is 1.50. The summed E-state index contributed by atoms with van der Waals surface area (Å²) in [6.45, 7) is 0.925. The van der Waals surface area contributed by atoms with Gasteiger partial charge in [-0.25, -0.2) is 9.97 Å². The van der Waals surface area contributed by atoms with E-state index in [-0.39, 0.29) is 0 Å². The number of anilines is 1. The van der Waals surface area contributed by atoms with Crippen molar-refractivity contribution in [3.63, 3.8) is 0 Å². The highest BCUT2D eigenvalue weighted by molar-refractivity contribution is 5.86. The summed E-state index contributed by atoms with van der Waals surface area (Å²) in [6, 6.07) is 20.1. The van der Waals surface area contributed by atoms with Gasteiger partial charge in [0.15, 0.2) is 0 Å². The molecule has 31 heavy (non-hydrogen) atoms. The van der Waals surface area contributed by atoms with Gasteiger partial charge in [0.25, 0.3) is 0 Å². The number of nitrogens with one attached hydrogen (secondary N) is 3. The maximum absolute atomic E-state index is 4.35. The molecule has 2 aromatic carbocycles. The number of aryl methyl sites for hydroxylation is 2. The van der Waals surface area contributed by atoms with Crippen molar-refractivity contribution in [3.8, 4) is 0 Å². The topological polar surface area (TPSA) is 65.6 Å². The van der Waals surface area contributed by atoms with Crippen LogP contribution >= 0.6 is 0 Å². The van der Waals surface area contributed by atoms with Crippen LogP contribution in [0.2, 0.25) is 0 Å². The fourth-order valence-corrected chi connectivity index (χ4v) is 4.95. The van der Waals surface area contributed by atoms with Crippen LogP contribution in [0.15, 0.2) is 67.1 Å². The predicted molar refractivity (Wildman–Crippen MR) is 126 cm³/mol. The molecule has 0 spiro atoms. The first kappa shape index (κ1) is 19.8. The number of hydrogen-bond acceptors (Lipinski definition) is 4. The molecular weight excluding hydrogens is 382 g/mol. The van der Waals surface area contributed by atoms with E-state index in [4.69, 9.17) is 0 Å². The Morgan fingerprint density at radius 3 is 2.48 bits per heavy atom. The number of rotatable bonds is 4. The summed E-state index contributed by atoms with van der Waals surface area (Å²) in [7, 11) is 2.03. The van der Waals surface area contributed by atoms with Crippen LogP contribution in [-0.2, 0) is 12.8 Å². The molecule has 4 aromatic rings. The minimum Gasteiger partial charge on any atom is -0.369 e. The summed E-state index contributed by atoms with van der Waals surface area (Å²) >= 11 is 0. The van der Waals surface area contributed by atoms with Gasteiger partial charge in [0.05, 0.1) is 5.39 Å². The van der Waals surface area contributed by atoms with Crippen LogP contribution in [0, 0.1) is 0 Å². The Morgan fingerprint density at radius 2 is 1.65 bits per heavy atom. The molecule has 2 aromatic heterocycles. The highest BCUT2D eigenvalue weighted by Crippen LogP contribution is 2.33. The molecule has 2 aliphatic rings. The first-order valence-corrected chi connectivity index (χ1v) is 11.2. The SMILES string of the molecule is CNC1CCc2ccccc21.c1ccc2c(c1)CCC2CNc1ncnc2[nH]ccc12. The third-order valence-corrected chi connectivity index (χ3v) is 6.61. The summed E-state index contributed by atoms with van der Waals surface area (Å²) in [5.41, 5.74) is 6.88. The van der Waals surface area contributed by atoms with E-state index in [1.807, 2.05) is 19.3 Å². The lowest BCUT2D eigenvalue weighted by Crippen LogP contribution is -2.12. The lowest BCUT2D eigenvalue weighted by molar-refractivity contribution is 0.590.